The minimum atomic E-state index is 0.225. The van der Waals surface area contributed by atoms with Crippen LogP contribution in [0.15, 0.2) is 12.1 Å². The highest BCUT2D eigenvalue weighted by Gasteiger charge is 2.33. The summed E-state index contributed by atoms with van der Waals surface area (Å²) in [5.74, 6) is 1.42. The summed E-state index contributed by atoms with van der Waals surface area (Å²) in [6.45, 7) is 12.3. The van der Waals surface area contributed by atoms with Gasteiger partial charge in [-0.25, -0.2) is 0 Å². The molecule has 3 atom stereocenters. The lowest BCUT2D eigenvalue weighted by Gasteiger charge is -2.27. The molecule has 0 spiro atoms. The molecule has 3 heteroatoms. The first kappa shape index (κ1) is 16.3. The average Bonchev–Trinajstić information content (AvgIpc) is 2.76. The van der Waals surface area contributed by atoms with Crippen LogP contribution in [0.4, 0.5) is 0 Å². The number of nitrogens with one attached hydrogen (secondary N) is 1. The van der Waals surface area contributed by atoms with Gasteiger partial charge in [-0.1, -0.05) is 26.8 Å². The zero-order valence-corrected chi connectivity index (χ0v) is 13.9. The summed E-state index contributed by atoms with van der Waals surface area (Å²) in [6.07, 6.45) is 1.04. The van der Waals surface area contributed by atoms with Crippen molar-refractivity contribution in [3.8, 4) is 5.75 Å². The molecule has 21 heavy (non-hydrogen) atoms. The Labute approximate surface area is 128 Å². The van der Waals surface area contributed by atoms with E-state index in [-0.39, 0.29) is 6.04 Å². The van der Waals surface area contributed by atoms with E-state index in [4.69, 9.17) is 4.74 Å². The Kier molecular flexibility index (Phi) is 5.28. The summed E-state index contributed by atoms with van der Waals surface area (Å²) in [5.41, 5.74) is 3.71. The Bertz CT molecular complexity index is 484. The van der Waals surface area contributed by atoms with Crippen molar-refractivity contribution < 1.29 is 9.84 Å². The van der Waals surface area contributed by atoms with Crippen molar-refractivity contribution in [3.05, 3.63) is 28.8 Å². The third kappa shape index (κ3) is 3.41. The topological polar surface area (TPSA) is 41.5 Å². The first-order valence-corrected chi connectivity index (χ1v) is 8.11. The van der Waals surface area contributed by atoms with E-state index in [9.17, 15) is 5.11 Å². The summed E-state index contributed by atoms with van der Waals surface area (Å²) in [4.78, 5) is 0. The molecule has 0 fully saturated rings. The summed E-state index contributed by atoms with van der Waals surface area (Å²) in [5, 5.41) is 14.0. The Morgan fingerprint density at radius 2 is 2.05 bits per heavy atom. The molecule has 1 aromatic rings. The fourth-order valence-electron chi connectivity index (χ4n) is 3.43. The Balaban J connectivity index is 2.22. The summed E-state index contributed by atoms with van der Waals surface area (Å²) < 4.78 is 5.61. The molecule has 0 saturated heterocycles. The molecule has 0 aliphatic heterocycles. The predicted octanol–water partition coefficient (Wildman–Crippen LogP) is 3.90. The lowest BCUT2D eigenvalue weighted by Crippen LogP contribution is -2.39. The van der Waals surface area contributed by atoms with Crippen LogP contribution in [0.1, 0.15) is 62.8 Å². The van der Waals surface area contributed by atoms with Crippen LogP contribution in [-0.2, 0) is 4.74 Å². The number of rotatable bonds is 6. The van der Waals surface area contributed by atoms with Gasteiger partial charge in [-0.05, 0) is 49.3 Å². The maximum absolute atomic E-state index is 10.3. The smallest absolute Gasteiger partial charge is 0.120 e. The Morgan fingerprint density at radius 3 is 2.67 bits per heavy atom. The number of hydrogen-bond donors (Lipinski definition) is 2. The lowest BCUT2D eigenvalue weighted by molar-refractivity contribution is 0.103. The van der Waals surface area contributed by atoms with Crippen LogP contribution in [0.25, 0.3) is 0 Å². The van der Waals surface area contributed by atoms with Crippen LogP contribution in [-0.4, -0.2) is 24.4 Å². The number of ether oxygens (including phenoxy) is 1. The third-order valence-electron chi connectivity index (χ3n) is 4.63. The number of phenolic OH excluding ortho intramolecular Hbond substituents is 1. The molecule has 0 radical (unpaired) electrons. The van der Waals surface area contributed by atoms with E-state index in [0.29, 0.717) is 23.6 Å². The molecule has 2 N–H and O–H groups in total. The maximum atomic E-state index is 10.3. The van der Waals surface area contributed by atoms with Crippen molar-refractivity contribution in [3.63, 3.8) is 0 Å². The molecule has 0 heterocycles. The van der Waals surface area contributed by atoms with Gasteiger partial charge in [-0.3, -0.25) is 0 Å². The normalized spacial score (nSPS) is 22.6. The van der Waals surface area contributed by atoms with E-state index in [1.54, 1.807) is 0 Å². The van der Waals surface area contributed by atoms with Crippen molar-refractivity contribution in [1.82, 2.24) is 5.32 Å². The first-order chi connectivity index (χ1) is 9.95. The number of benzene rings is 1. The molecule has 0 bridgehead atoms. The van der Waals surface area contributed by atoms with Crippen molar-refractivity contribution in [2.24, 2.45) is 5.92 Å². The Hall–Kier alpha value is -1.06. The van der Waals surface area contributed by atoms with E-state index in [0.717, 1.165) is 25.2 Å². The van der Waals surface area contributed by atoms with Crippen LogP contribution in [0.5, 0.6) is 5.75 Å². The molecule has 0 aromatic heterocycles. The minimum Gasteiger partial charge on any atom is -0.508 e. The van der Waals surface area contributed by atoms with Crippen LogP contribution in [0.3, 0.4) is 0 Å². The van der Waals surface area contributed by atoms with Crippen LogP contribution in [0, 0.1) is 12.8 Å². The predicted molar refractivity (Wildman–Crippen MR) is 86.9 cm³/mol. The van der Waals surface area contributed by atoms with Gasteiger partial charge in [0.05, 0.1) is 6.61 Å². The van der Waals surface area contributed by atoms with Gasteiger partial charge in [0.15, 0.2) is 0 Å². The molecular formula is C18H29NO2. The zero-order chi connectivity index (χ0) is 15.6. The number of fused-ring (bicyclic) bond motifs is 1. The van der Waals surface area contributed by atoms with Gasteiger partial charge in [0.1, 0.15) is 5.75 Å². The average molecular weight is 291 g/mol. The molecule has 2 rings (SSSR count). The lowest BCUT2D eigenvalue weighted by atomic mass is 9.97. The highest BCUT2D eigenvalue weighted by atomic mass is 16.5. The molecule has 3 unspecified atom stereocenters. The van der Waals surface area contributed by atoms with Crippen molar-refractivity contribution >= 4 is 0 Å². The zero-order valence-electron chi connectivity index (χ0n) is 13.9. The largest absolute Gasteiger partial charge is 0.508 e. The molecule has 118 valence electrons. The minimum absolute atomic E-state index is 0.225. The molecule has 0 saturated carbocycles. The first-order valence-electron chi connectivity index (χ1n) is 8.11. The summed E-state index contributed by atoms with van der Waals surface area (Å²) in [7, 11) is 0. The Morgan fingerprint density at radius 1 is 1.33 bits per heavy atom. The highest BCUT2D eigenvalue weighted by Crippen LogP contribution is 2.46. The van der Waals surface area contributed by atoms with Crippen molar-refractivity contribution in [1.29, 1.82) is 0 Å². The van der Waals surface area contributed by atoms with Gasteiger partial charge < -0.3 is 15.2 Å². The standard InChI is InChI=1S/C18H29NO2/c1-6-21-10-15(11(2)3)19-14-9-13(5)17-12(4)7-8-16(20)18(14)17/h7-8,11,13-15,19-20H,6,9-10H2,1-5H3. The number of aromatic hydroxyl groups is 1. The quantitative estimate of drug-likeness (QED) is 0.835. The van der Waals surface area contributed by atoms with Crippen molar-refractivity contribution in [2.45, 2.75) is 59.0 Å². The molecule has 3 nitrogen and oxygen atoms in total. The van der Waals surface area contributed by atoms with Gasteiger partial charge >= 0.3 is 0 Å². The summed E-state index contributed by atoms with van der Waals surface area (Å²) >= 11 is 0. The van der Waals surface area contributed by atoms with E-state index >= 15 is 0 Å². The van der Waals surface area contributed by atoms with Crippen LogP contribution in [0.2, 0.25) is 0 Å². The van der Waals surface area contributed by atoms with Gasteiger partial charge in [0, 0.05) is 24.3 Å². The molecule has 1 aromatic carbocycles. The number of aryl methyl sites for hydroxylation is 1. The maximum Gasteiger partial charge on any atom is 0.120 e. The van der Waals surface area contributed by atoms with E-state index < -0.39 is 0 Å². The van der Waals surface area contributed by atoms with Gasteiger partial charge in [0.2, 0.25) is 0 Å². The van der Waals surface area contributed by atoms with Gasteiger partial charge in [-0.15, -0.1) is 0 Å². The summed E-state index contributed by atoms with van der Waals surface area (Å²) in [6, 6.07) is 4.39. The van der Waals surface area contributed by atoms with E-state index in [2.05, 4.69) is 33.0 Å². The number of phenols is 1. The van der Waals surface area contributed by atoms with Gasteiger partial charge in [-0.2, -0.15) is 0 Å². The second-order valence-corrected chi connectivity index (χ2v) is 6.59. The monoisotopic (exact) mass is 291 g/mol. The molecule has 1 aliphatic carbocycles. The molecule has 0 amide bonds. The van der Waals surface area contributed by atoms with Crippen LogP contribution < -0.4 is 5.32 Å². The van der Waals surface area contributed by atoms with E-state index in [1.807, 2.05) is 19.1 Å². The highest BCUT2D eigenvalue weighted by molar-refractivity contribution is 5.50. The van der Waals surface area contributed by atoms with Crippen molar-refractivity contribution in [2.75, 3.05) is 13.2 Å². The SMILES string of the molecule is CCOCC(NC1CC(C)c2c(C)ccc(O)c21)C(C)C. The third-order valence-corrected chi connectivity index (χ3v) is 4.63. The second-order valence-electron chi connectivity index (χ2n) is 6.59. The molecular weight excluding hydrogens is 262 g/mol. The van der Waals surface area contributed by atoms with E-state index in [1.165, 1.54) is 11.1 Å². The number of hydrogen-bond acceptors (Lipinski definition) is 3. The fourth-order valence-corrected chi connectivity index (χ4v) is 3.43. The fraction of sp³-hybridized carbons (Fsp3) is 0.667. The van der Waals surface area contributed by atoms with Gasteiger partial charge in [0.25, 0.3) is 0 Å². The van der Waals surface area contributed by atoms with Crippen LogP contribution >= 0.6 is 0 Å². The second kappa shape index (κ2) is 6.80. The molecule has 1 aliphatic rings.